The molecule has 3 rings (SSSR count). The van der Waals surface area contributed by atoms with Crippen molar-refractivity contribution < 1.29 is 9.59 Å². The first kappa shape index (κ1) is 13.9. The van der Waals surface area contributed by atoms with E-state index in [0.29, 0.717) is 5.92 Å². The van der Waals surface area contributed by atoms with E-state index in [1.54, 1.807) is 0 Å². The van der Waals surface area contributed by atoms with Gasteiger partial charge in [-0.05, 0) is 38.3 Å². The fraction of sp³-hybridized carbons (Fsp3) is 0.867. The van der Waals surface area contributed by atoms with Crippen molar-refractivity contribution in [3.05, 3.63) is 0 Å². The highest BCUT2D eigenvalue weighted by atomic mass is 16.2. The van der Waals surface area contributed by atoms with E-state index in [2.05, 4.69) is 17.1 Å². The average molecular weight is 279 g/mol. The molecule has 112 valence electrons. The van der Waals surface area contributed by atoms with Gasteiger partial charge in [0.2, 0.25) is 11.8 Å². The number of carbonyl (C=O) groups is 2. The number of likely N-dealkylation sites (tertiary alicyclic amines) is 1. The highest BCUT2D eigenvalue weighted by Gasteiger charge is 2.48. The Morgan fingerprint density at radius 3 is 2.70 bits per heavy atom. The van der Waals surface area contributed by atoms with E-state index in [1.165, 1.54) is 0 Å². The van der Waals surface area contributed by atoms with Crippen LogP contribution < -0.4 is 5.32 Å². The maximum absolute atomic E-state index is 12.7. The number of nitrogens with zero attached hydrogens (tertiary/aromatic N) is 2. The van der Waals surface area contributed by atoms with Gasteiger partial charge in [-0.15, -0.1) is 0 Å². The Hall–Kier alpha value is -1.10. The summed E-state index contributed by atoms with van der Waals surface area (Å²) in [4.78, 5) is 28.9. The van der Waals surface area contributed by atoms with Crippen LogP contribution in [0.3, 0.4) is 0 Å². The molecule has 2 saturated heterocycles. The molecule has 1 saturated carbocycles. The SMILES string of the molecule is CCN1CCC(CN2CC(=O)NC3(CCCC3)C2=O)C1. The molecule has 0 aromatic carbocycles. The van der Waals surface area contributed by atoms with E-state index in [0.717, 1.165) is 58.3 Å². The molecular formula is C15H25N3O2. The maximum Gasteiger partial charge on any atom is 0.248 e. The summed E-state index contributed by atoms with van der Waals surface area (Å²) in [7, 11) is 0. The van der Waals surface area contributed by atoms with Crippen LogP contribution in [0, 0.1) is 5.92 Å². The second kappa shape index (κ2) is 5.35. The molecule has 1 spiro atoms. The van der Waals surface area contributed by atoms with Crippen LogP contribution in [0.4, 0.5) is 0 Å². The quantitative estimate of drug-likeness (QED) is 0.823. The lowest BCUT2D eigenvalue weighted by Gasteiger charge is -2.40. The first-order chi connectivity index (χ1) is 9.63. The first-order valence-electron chi connectivity index (χ1n) is 7.96. The lowest BCUT2D eigenvalue weighted by atomic mass is 9.92. The normalized spacial score (nSPS) is 30.2. The van der Waals surface area contributed by atoms with Crippen molar-refractivity contribution in [1.29, 1.82) is 0 Å². The van der Waals surface area contributed by atoms with Gasteiger partial charge in [-0.1, -0.05) is 19.8 Å². The van der Waals surface area contributed by atoms with Gasteiger partial charge in [-0.2, -0.15) is 0 Å². The molecule has 0 radical (unpaired) electrons. The topological polar surface area (TPSA) is 52.6 Å². The summed E-state index contributed by atoms with van der Waals surface area (Å²) in [5, 5.41) is 2.98. The van der Waals surface area contributed by atoms with Gasteiger partial charge in [0, 0.05) is 13.1 Å². The molecule has 2 heterocycles. The lowest BCUT2D eigenvalue weighted by Crippen LogP contribution is -2.66. The van der Waals surface area contributed by atoms with Crippen molar-refractivity contribution >= 4 is 11.8 Å². The van der Waals surface area contributed by atoms with Crippen molar-refractivity contribution in [1.82, 2.24) is 15.1 Å². The summed E-state index contributed by atoms with van der Waals surface area (Å²) in [6.07, 6.45) is 4.88. The summed E-state index contributed by atoms with van der Waals surface area (Å²) in [6.45, 7) is 6.45. The number of hydrogen-bond acceptors (Lipinski definition) is 3. The summed E-state index contributed by atoms with van der Waals surface area (Å²) in [5.74, 6) is 0.727. The van der Waals surface area contributed by atoms with Crippen LogP contribution in [-0.4, -0.2) is 59.9 Å². The second-order valence-corrected chi connectivity index (χ2v) is 6.57. The Kier molecular flexibility index (Phi) is 3.71. The zero-order valence-electron chi connectivity index (χ0n) is 12.4. The molecule has 1 aliphatic carbocycles. The molecule has 3 fully saturated rings. The Bertz CT molecular complexity index is 404. The van der Waals surface area contributed by atoms with E-state index in [9.17, 15) is 9.59 Å². The standard InChI is InChI=1S/C15H25N3O2/c1-2-17-8-5-12(9-17)10-18-11-13(19)16-15(14(18)20)6-3-4-7-15/h12H,2-11H2,1H3,(H,16,19). The molecule has 5 nitrogen and oxygen atoms in total. The third kappa shape index (κ3) is 2.43. The number of carbonyl (C=O) groups excluding carboxylic acids is 2. The molecule has 1 atom stereocenters. The summed E-state index contributed by atoms with van der Waals surface area (Å²) < 4.78 is 0. The third-order valence-electron chi connectivity index (χ3n) is 5.16. The van der Waals surface area contributed by atoms with Gasteiger partial charge in [-0.25, -0.2) is 0 Å². The van der Waals surface area contributed by atoms with E-state index >= 15 is 0 Å². The van der Waals surface area contributed by atoms with Crippen LogP contribution in [-0.2, 0) is 9.59 Å². The molecule has 5 heteroatoms. The second-order valence-electron chi connectivity index (χ2n) is 6.57. The molecule has 2 aliphatic heterocycles. The Balaban J connectivity index is 1.66. The molecule has 2 amide bonds. The lowest BCUT2D eigenvalue weighted by molar-refractivity contribution is -0.150. The Morgan fingerprint density at radius 1 is 1.30 bits per heavy atom. The fourth-order valence-corrected chi connectivity index (χ4v) is 4.03. The van der Waals surface area contributed by atoms with E-state index < -0.39 is 5.54 Å². The van der Waals surface area contributed by atoms with Gasteiger partial charge in [0.1, 0.15) is 5.54 Å². The minimum absolute atomic E-state index is 0.0249. The minimum Gasteiger partial charge on any atom is -0.340 e. The molecule has 1 N–H and O–H groups in total. The van der Waals surface area contributed by atoms with Crippen LogP contribution in [0.1, 0.15) is 39.0 Å². The Labute approximate surface area is 120 Å². The zero-order chi connectivity index (χ0) is 14.2. The third-order valence-corrected chi connectivity index (χ3v) is 5.16. The number of hydrogen-bond donors (Lipinski definition) is 1. The fourth-order valence-electron chi connectivity index (χ4n) is 4.03. The molecule has 0 aromatic heterocycles. The molecule has 3 aliphatic rings. The van der Waals surface area contributed by atoms with Crippen molar-refractivity contribution in [3.8, 4) is 0 Å². The molecular weight excluding hydrogens is 254 g/mol. The zero-order valence-corrected chi connectivity index (χ0v) is 12.4. The van der Waals surface area contributed by atoms with Gasteiger partial charge in [0.05, 0.1) is 6.54 Å². The summed E-state index contributed by atoms with van der Waals surface area (Å²) in [6, 6.07) is 0. The van der Waals surface area contributed by atoms with Crippen molar-refractivity contribution in [3.63, 3.8) is 0 Å². The van der Waals surface area contributed by atoms with Crippen molar-refractivity contribution in [2.24, 2.45) is 5.92 Å². The van der Waals surface area contributed by atoms with Gasteiger partial charge in [0.25, 0.3) is 0 Å². The maximum atomic E-state index is 12.7. The van der Waals surface area contributed by atoms with Crippen LogP contribution in [0.5, 0.6) is 0 Å². The van der Waals surface area contributed by atoms with Crippen LogP contribution >= 0.6 is 0 Å². The number of rotatable bonds is 3. The van der Waals surface area contributed by atoms with E-state index in [-0.39, 0.29) is 18.4 Å². The van der Waals surface area contributed by atoms with Crippen LogP contribution in [0.15, 0.2) is 0 Å². The highest BCUT2D eigenvalue weighted by molar-refractivity contribution is 5.98. The monoisotopic (exact) mass is 279 g/mol. The number of nitrogens with one attached hydrogen (secondary N) is 1. The van der Waals surface area contributed by atoms with Gasteiger partial charge in [-0.3, -0.25) is 9.59 Å². The van der Waals surface area contributed by atoms with Gasteiger partial charge < -0.3 is 15.1 Å². The van der Waals surface area contributed by atoms with Gasteiger partial charge >= 0.3 is 0 Å². The summed E-state index contributed by atoms with van der Waals surface area (Å²) in [5.41, 5.74) is -0.557. The van der Waals surface area contributed by atoms with Gasteiger partial charge in [0.15, 0.2) is 0 Å². The highest BCUT2D eigenvalue weighted by Crippen LogP contribution is 2.33. The van der Waals surface area contributed by atoms with Crippen molar-refractivity contribution in [2.75, 3.05) is 32.7 Å². The molecule has 0 bridgehead atoms. The smallest absolute Gasteiger partial charge is 0.248 e. The van der Waals surface area contributed by atoms with Crippen molar-refractivity contribution in [2.45, 2.75) is 44.6 Å². The number of amides is 2. The predicted molar refractivity (Wildman–Crippen MR) is 76.1 cm³/mol. The Morgan fingerprint density at radius 2 is 2.05 bits per heavy atom. The van der Waals surface area contributed by atoms with Crippen LogP contribution in [0.2, 0.25) is 0 Å². The molecule has 20 heavy (non-hydrogen) atoms. The van der Waals surface area contributed by atoms with E-state index in [4.69, 9.17) is 0 Å². The largest absolute Gasteiger partial charge is 0.340 e. The first-order valence-corrected chi connectivity index (χ1v) is 7.96. The van der Waals surface area contributed by atoms with E-state index in [1.807, 2.05) is 4.90 Å². The minimum atomic E-state index is -0.557. The van der Waals surface area contributed by atoms with Crippen LogP contribution in [0.25, 0.3) is 0 Å². The molecule has 0 aromatic rings. The molecule has 1 unspecified atom stereocenters. The predicted octanol–water partition coefficient (Wildman–Crippen LogP) is 0.599. The average Bonchev–Trinajstić information content (AvgIpc) is 3.05. The summed E-state index contributed by atoms with van der Waals surface area (Å²) >= 11 is 0. The number of piperazine rings is 1.